The number of rotatable bonds is 4. The van der Waals surface area contributed by atoms with Crippen LogP contribution >= 0.6 is 11.3 Å². The van der Waals surface area contributed by atoms with Crippen LogP contribution in [0.3, 0.4) is 0 Å². The van der Waals surface area contributed by atoms with E-state index in [-0.39, 0.29) is 0 Å². The van der Waals surface area contributed by atoms with Gasteiger partial charge in [-0.25, -0.2) is 0 Å². The number of likely N-dealkylation sites (N-methyl/N-ethyl adjacent to an activating group) is 1. The molecule has 1 aromatic heterocycles. The molecule has 0 radical (unpaired) electrons. The largest absolute Gasteiger partial charge is 0.428 e. The van der Waals surface area contributed by atoms with E-state index >= 15 is 0 Å². The first-order valence-corrected chi connectivity index (χ1v) is 9.67. The monoisotopic (exact) mass is 265 g/mol. The molecule has 2 N–H and O–H groups in total. The Morgan fingerprint density at radius 2 is 2.06 bits per heavy atom. The molecule has 1 aromatic carbocycles. The van der Waals surface area contributed by atoms with E-state index in [0.717, 1.165) is 18.2 Å². The molecular formula is C13H19NOSSi. The van der Waals surface area contributed by atoms with E-state index < -0.39 is 8.32 Å². The molecule has 0 saturated heterocycles. The first kappa shape index (κ1) is 12.8. The fourth-order valence-corrected chi connectivity index (χ4v) is 4.03. The zero-order valence-electron chi connectivity index (χ0n) is 10.6. The molecule has 2 rings (SSSR count). The van der Waals surface area contributed by atoms with Crippen LogP contribution in [0.15, 0.2) is 24.3 Å². The van der Waals surface area contributed by atoms with Gasteiger partial charge in [-0.3, -0.25) is 0 Å². The van der Waals surface area contributed by atoms with E-state index in [1.165, 1.54) is 15.0 Å². The molecule has 1 heterocycles. The maximum atomic E-state index is 10.1. The Hall–Kier alpha value is -0.683. The Kier molecular flexibility index (Phi) is 3.68. The van der Waals surface area contributed by atoms with Crippen molar-refractivity contribution in [1.82, 2.24) is 5.32 Å². The SMILES string of the molecule is CNCCc1cc2ccc([Si](C)(C)O)cc2s1. The molecule has 0 aliphatic rings. The Morgan fingerprint density at radius 3 is 2.71 bits per heavy atom. The summed E-state index contributed by atoms with van der Waals surface area (Å²) in [7, 11) is -0.195. The Labute approximate surface area is 107 Å². The van der Waals surface area contributed by atoms with E-state index in [4.69, 9.17) is 0 Å². The molecule has 2 aromatic rings. The molecule has 0 fully saturated rings. The standard InChI is InChI=1S/C13H19NOSSi/c1-14-7-6-11-8-10-4-5-12(17(2,3)15)9-13(10)16-11/h4-5,8-9,14-15H,6-7H2,1-3H3. The fraction of sp³-hybridized carbons (Fsp3) is 0.385. The molecular weight excluding hydrogens is 246 g/mol. The van der Waals surface area contributed by atoms with Crippen LogP contribution in [-0.4, -0.2) is 26.7 Å². The van der Waals surface area contributed by atoms with Gasteiger partial charge >= 0.3 is 0 Å². The quantitative estimate of drug-likeness (QED) is 0.830. The normalized spacial score (nSPS) is 12.2. The lowest BCUT2D eigenvalue weighted by Gasteiger charge is -2.13. The van der Waals surface area contributed by atoms with Crippen LogP contribution in [0.25, 0.3) is 10.1 Å². The fourth-order valence-electron chi connectivity index (χ4n) is 1.84. The molecule has 4 heteroatoms. The molecule has 0 saturated carbocycles. The molecule has 17 heavy (non-hydrogen) atoms. The Balaban J connectivity index is 2.34. The maximum Gasteiger partial charge on any atom is 0.214 e. The summed E-state index contributed by atoms with van der Waals surface area (Å²) in [6, 6.07) is 8.63. The third kappa shape index (κ3) is 2.96. The van der Waals surface area contributed by atoms with Crippen molar-refractivity contribution in [2.45, 2.75) is 19.5 Å². The highest BCUT2D eigenvalue weighted by atomic mass is 32.1. The molecule has 0 bridgehead atoms. The van der Waals surface area contributed by atoms with Crippen LogP contribution in [-0.2, 0) is 6.42 Å². The van der Waals surface area contributed by atoms with Crippen LogP contribution in [0.1, 0.15) is 4.88 Å². The van der Waals surface area contributed by atoms with Crippen molar-refractivity contribution in [3.8, 4) is 0 Å². The van der Waals surface area contributed by atoms with Crippen molar-refractivity contribution in [2.24, 2.45) is 0 Å². The zero-order chi connectivity index (χ0) is 12.5. The van der Waals surface area contributed by atoms with Crippen molar-refractivity contribution < 1.29 is 4.80 Å². The van der Waals surface area contributed by atoms with Crippen LogP contribution in [0.2, 0.25) is 13.1 Å². The molecule has 0 unspecified atom stereocenters. The topological polar surface area (TPSA) is 32.3 Å². The predicted molar refractivity (Wildman–Crippen MR) is 78.8 cm³/mol. The minimum atomic E-state index is -2.17. The number of hydrogen-bond donors (Lipinski definition) is 2. The maximum absolute atomic E-state index is 10.1. The first-order chi connectivity index (χ1) is 8.00. The third-order valence-electron chi connectivity index (χ3n) is 2.90. The van der Waals surface area contributed by atoms with E-state index in [1.54, 1.807) is 0 Å². The highest BCUT2D eigenvalue weighted by Crippen LogP contribution is 2.25. The van der Waals surface area contributed by atoms with Crippen molar-refractivity contribution in [3.63, 3.8) is 0 Å². The number of nitrogens with one attached hydrogen (secondary N) is 1. The van der Waals surface area contributed by atoms with Gasteiger partial charge in [0, 0.05) is 9.58 Å². The van der Waals surface area contributed by atoms with Gasteiger partial charge in [0.1, 0.15) is 0 Å². The summed E-state index contributed by atoms with van der Waals surface area (Å²) < 4.78 is 1.29. The second kappa shape index (κ2) is 4.90. The first-order valence-electron chi connectivity index (χ1n) is 5.90. The van der Waals surface area contributed by atoms with Gasteiger partial charge in [-0.05, 0) is 55.8 Å². The Bertz CT molecular complexity index is 516. The van der Waals surface area contributed by atoms with Crippen molar-refractivity contribution in [3.05, 3.63) is 29.1 Å². The van der Waals surface area contributed by atoms with Gasteiger partial charge < -0.3 is 10.1 Å². The number of benzene rings is 1. The summed E-state index contributed by atoms with van der Waals surface area (Å²) in [5.74, 6) is 0. The number of fused-ring (bicyclic) bond motifs is 1. The van der Waals surface area contributed by atoms with Crippen LogP contribution < -0.4 is 10.5 Å². The molecule has 2 nitrogen and oxygen atoms in total. The summed E-state index contributed by atoms with van der Waals surface area (Å²) in [6.45, 7) is 4.94. The molecule has 0 aliphatic heterocycles. The van der Waals surface area contributed by atoms with Gasteiger partial charge in [-0.1, -0.05) is 12.1 Å². The minimum Gasteiger partial charge on any atom is -0.428 e. The van der Waals surface area contributed by atoms with E-state index in [0.29, 0.717) is 0 Å². The van der Waals surface area contributed by atoms with E-state index in [2.05, 4.69) is 29.6 Å². The predicted octanol–water partition coefficient (Wildman–Crippen LogP) is 2.07. The second-order valence-electron chi connectivity index (χ2n) is 4.88. The summed E-state index contributed by atoms with van der Waals surface area (Å²) in [5, 5.41) is 5.58. The van der Waals surface area contributed by atoms with Gasteiger partial charge in [0.25, 0.3) is 0 Å². The van der Waals surface area contributed by atoms with Crippen LogP contribution in [0, 0.1) is 0 Å². The molecule has 0 atom stereocenters. The van der Waals surface area contributed by atoms with E-state index in [9.17, 15) is 4.80 Å². The summed E-state index contributed by atoms with van der Waals surface area (Å²) >= 11 is 1.84. The number of hydrogen-bond acceptors (Lipinski definition) is 3. The van der Waals surface area contributed by atoms with Crippen LogP contribution in [0.4, 0.5) is 0 Å². The van der Waals surface area contributed by atoms with Gasteiger partial charge in [0.05, 0.1) is 0 Å². The average Bonchev–Trinajstić information content (AvgIpc) is 2.66. The lowest BCUT2D eigenvalue weighted by Crippen LogP contribution is -2.41. The van der Waals surface area contributed by atoms with Gasteiger partial charge in [-0.15, -0.1) is 11.3 Å². The molecule has 0 spiro atoms. The summed E-state index contributed by atoms with van der Waals surface area (Å²) in [6.07, 6.45) is 1.07. The van der Waals surface area contributed by atoms with Crippen molar-refractivity contribution >= 4 is 34.9 Å². The second-order valence-corrected chi connectivity index (χ2v) is 9.74. The van der Waals surface area contributed by atoms with Crippen molar-refractivity contribution in [2.75, 3.05) is 13.6 Å². The van der Waals surface area contributed by atoms with Crippen molar-refractivity contribution in [1.29, 1.82) is 0 Å². The van der Waals surface area contributed by atoms with Crippen LogP contribution in [0.5, 0.6) is 0 Å². The third-order valence-corrected chi connectivity index (χ3v) is 5.78. The lowest BCUT2D eigenvalue weighted by atomic mass is 10.2. The minimum absolute atomic E-state index is 1.01. The molecule has 0 amide bonds. The van der Waals surface area contributed by atoms with Gasteiger partial charge in [-0.2, -0.15) is 0 Å². The van der Waals surface area contributed by atoms with Gasteiger partial charge in [0.2, 0.25) is 8.32 Å². The zero-order valence-corrected chi connectivity index (χ0v) is 12.4. The number of thiophene rings is 1. The summed E-state index contributed by atoms with van der Waals surface area (Å²) in [4.78, 5) is 11.5. The van der Waals surface area contributed by atoms with Gasteiger partial charge in [0.15, 0.2) is 0 Å². The van der Waals surface area contributed by atoms with E-state index in [1.807, 2.05) is 31.5 Å². The highest BCUT2D eigenvalue weighted by molar-refractivity contribution is 7.19. The Morgan fingerprint density at radius 1 is 1.29 bits per heavy atom. The summed E-state index contributed by atoms with van der Waals surface area (Å²) in [5.41, 5.74) is 0. The molecule has 0 aliphatic carbocycles. The average molecular weight is 265 g/mol. The lowest BCUT2D eigenvalue weighted by molar-refractivity contribution is 0.568. The molecule has 92 valence electrons. The smallest absolute Gasteiger partial charge is 0.214 e. The highest BCUT2D eigenvalue weighted by Gasteiger charge is 2.20.